The molecule has 1 aliphatic rings. The Balaban J connectivity index is 2.56. The number of hydrogen-bond acceptors (Lipinski definition) is 3. The summed E-state index contributed by atoms with van der Waals surface area (Å²) in [6.45, 7) is 7.14. The van der Waals surface area contributed by atoms with Crippen LogP contribution in [0.4, 0.5) is 0 Å². The highest BCUT2D eigenvalue weighted by atomic mass is 16.2. The predicted octanol–water partition coefficient (Wildman–Crippen LogP) is 0.914. The van der Waals surface area contributed by atoms with Gasteiger partial charge >= 0.3 is 0 Å². The van der Waals surface area contributed by atoms with Gasteiger partial charge in [-0.1, -0.05) is 13.3 Å². The van der Waals surface area contributed by atoms with E-state index in [-0.39, 0.29) is 5.91 Å². The van der Waals surface area contributed by atoms with Gasteiger partial charge in [-0.15, -0.1) is 0 Å². The minimum atomic E-state index is 0.219. The van der Waals surface area contributed by atoms with Gasteiger partial charge in [-0.3, -0.25) is 9.69 Å². The summed E-state index contributed by atoms with van der Waals surface area (Å²) in [6.07, 6.45) is 3.66. The lowest BCUT2D eigenvalue weighted by molar-refractivity contribution is -0.131. The lowest BCUT2D eigenvalue weighted by Gasteiger charge is -2.32. The number of likely N-dealkylation sites (N-methyl/N-ethyl adjacent to an activating group) is 2. The van der Waals surface area contributed by atoms with Gasteiger partial charge < -0.3 is 10.6 Å². The SMILES string of the molecule is CCN(C)C(=O)CN(CC)C1CCCC1CN. The average Bonchev–Trinajstić information content (AvgIpc) is 2.82. The highest BCUT2D eigenvalue weighted by molar-refractivity contribution is 5.77. The molecule has 2 unspecified atom stereocenters. The maximum atomic E-state index is 11.9. The zero-order valence-electron chi connectivity index (χ0n) is 11.5. The van der Waals surface area contributed by atoms with Crippen LogP contribution in [0.15, 0.2) is 0 Å². The maximum Gasteiger partial charge on any atom is 0.236 e. The zero-order chi connectivity index (χ0) is 12.8. The van der Waals surface area contributed by atoms with E-state index in [9.17, 15) is 4.79 Å². The monoisotopic (exact) mass is 241 g/mol. The fourth-order valence-electron chi connectivity index (χ4n) is 2.71. The Morgan fingerprint density at radius 3 is 2.53 bits per heavy atom. The van der Waals surface area contributed by atoms with Gasteiger partial charge in [-0.2, -0.15) is 0 Å². The van der Waals surface area contributed by atoms with Crippen molar-refractivity contribution in [1.82, 2.24) is 9.80 Å². The molecule has 100 valence electrons. The van der Waals surface area contributed by atoms with Crippen LogP contribution < -0.4 is 5.73 Å². The van der Waals surface area contributed by atoms with E-state index in [0.717, 1.165) is 19.6 Å². The van der Waals surface area contributed by atoms with Crippen LogP contribution >= 0.6 is 0 Å². The number of carbonyl (C=O) groups excluding carboxylic acids is 1. The first-order valence-electron chi connectivity index (χ1n) is 6.82. The summed E-state index contributed by atoms with van der Waals surface area (Å²) in [6, 6.07) is 0.513. The van der Waals surface area contributed by atoms with E-state index >= 15 is 0 Å². The van der Waals surface area contributed by atoms with Crippen LogP contribution in [0.3, 0.4) is 0 Å². The molecule has 2 atom stereocenters. The van der Waals surface area contributed by atoms with E-state index in [1.54, 1.807) is 4.90 Å². The van der Waals surface area contributed by atoms with Gasteiger partial charge in [0.25, 0.3) is 0 Å². The van der Waals surface area contributed by atoms with Crippen LogP contribution in [0.1, 0.15) is 33.1 Å². The molecule has 4 heteroatoms. The minimum Gasteiger partial charge on any atom is -0.345 e. The van der Waals surface area contributed by atoms with Crippen molar-refractivity contribution < 1.29 is 4.79 Å². The lowest BCUT2D eigenvalue weighted by Crippen LogP contribution is -2.46. The van der Waals surface area contributed by atoms with Crippen molar-refractivity contribution in [3.8, 4) is 0 Å². The molecule has 4 nitrogen and oxygen atoms in total. The van der Waals surface area contributed by atoms with Crippen LogP contribution in [0, 0.1) is 5.92 Å². The van der Waals surface area contributed by atoms with Crippen molar-refractivity contribution in [3.63, 3.8) is 0 Å². The van der Waals surface area contributed by atoms with Crippen LogP contribution in [-0.4, -0.2) is 55.0 Å². The molecule has 0 radical (unpaired) electrons. The third kappa shape index (κ3) is 3.68. The molecule has 1 aliphatic carbocycles. The third-order valence-electron chi connectivity index (χ3n) is 4.04. The van der Waals surface area contributed by atoms with Gasteiger partial charge in [0.15, 0.2) is 0 Å². The molecule has 0 spiro atoms. The molecule has 1 saturated carbocycles. The first-order valence-corrected chi connectivity index (χ1v) is 6.82. The fourth-order valence-corrected chi connectivity index (χ4v) is 2.71. The van der Waals surface area contributed by atoms with Gasteiger partial charge in [0.2, 0.25) is 5.91 Å². The summed E-state index contributed by atoms with van der Waals surface area (Å²) in [5.41, 5.74) is 5.81. The number of hydrogen-bond donors (Lipinski definition) is 1. The van der Waals surface area contributed by atoms with Crippen molar-refractivity contribution in [3.05, 3.63) is 0 Å². The summed E-state index contributed by atoms with van der Waals surface area (Å²) in [5.74, 6) is 0.798. The Morgan fingerprint density at radius 2 is 2.00 bits per heavy atom. The average molecular weight is 241 g/mol. The summed E-state index contributed by atoms with van der Waals surface area (Å²) >= 11 is 0. The second-order valence-corrected chi connectivity index (χ2v) is 4.97. The van der Waals surface area contributed by atoms with E-state index in [1.807, 2.05) is 14.0 Å². The molecule has 0 bridgehead atoms. The van der Waals surface area contributed by atoms with Crippen LogP contribution in [0.2, 0.25) is 0 Å². The van der Waals surface area contributed by atoms with Crippen LogP contribution in [0.25, 0.3) is 0 Å². The minimum absolute atomic E-state index is 0.219. The van der Waals surface area contributed by atoms with Crippen molar-refractivity contribution in [2.75, 3.05) is 33.2 Å². The number of rotatable bonds is 6. The normalized spacial score (nSPS) is 24.3. The molecule has 2 N–H and O–H groups in total. The van der Waals surface area contributed by atoms with Crippen molar-refractivity contribution in [1.29, 1.82) is 0 Å². The van der Waals surface area contributed by atoms with Crippen molar-refractivity contribution >= 4 is 5.91 Å². The Kier molecular flexibility index (Phi) is 5.92. The third-order valence-corrected chi connectivity index (χ3v) is 4.04. The van der Waals surface area contributed by atoms with E-state index in [0.29, 0.717) is 18.5 Å². The van der Waals surface area contributed by atoms with Crippen molar-refractivity contribution in [2.45, 2.75) is 39.2 Å². The first kappa shape index (κ1) is 14.5. The molecule has 0 saturated heterocycles. The van der Waals surface area contributed by atoms with Gasteiger partial charge in [0, 0.05) is 19.6 Å². The van der Waals surface area contributed by atoms with Gasteiger partial charge in [-0.25, -0.2) is 0 Å². The van der Waals surface area contributed by atoms with Crippen LogP contribution in [-0.2, 0) is 4.79 Å². The summed E-state index contributed by atoms with van der Waals surface area (Å²) < 4.78 is 0. The number of amides is 1. The zero-order valence-corrected chi connectivity index (χ0v) is 11.5. The molecule has 1 rings (SSSR count). The first-order chi connectivity index (χ1) is 8.13. The quantitative estimate of drug-likeness (QED) is 0.752. The molecule has 0 aromatic rings. The molecule has 0 aromatic carbocycles. The molecular weight excluding hydrogens is 214 g/mol. The predicted molar refractivity (Wildman–Crippen MR) is 70.7 cm³/mol. The molecule has 17 heavy (non-hydrogen) atoms. The second kappa shape index (κ2) is 6.97. The van der Waals surface area contributed by atoms with Gasteiger partial charge in [0.05, 0.1) is 6.54 Å². The standard InChI is InChI=1S/C13H27N3O/c1-4-15(3)13(17)10-16(5-2)12-8-6-7-11(12)9-14/h11-12H,4-10,14H2,1-3H3. The highest BCUT2D eigenvalue weighted by Gasteiger charge is 2.31. The lowest BCUT2D eigenvalue weighted by atomic mass is 10.0. The fraction of sp³-hybridized carbons (Fsp3) is 0.923. The molecule has 1 amide bonds. The Hall–Kier alpha value is -0.610. The highest BCUT2D eigenvalue weighted by Crippen LogP contribution is 2.29. The molecule has 0 heterocycles. The molecular formula is C13H27N3O. The largest absolute Gasteiger partial charge is 0.345 e. The smallest absolute Gasteiger partial charge is 0.236 e. The summed E-state index contributed by atoms with van der Waals surface area (Å²) in [7, 11) is 1.87. The molecule has 0 aliphatic heterocycles. The number of carbonyl (C=O) groups is 1. The summed E-state index contributed by atoms with van der Waals surface area (Å²) in [4.78, 5) is 16.0. The number of nitrogens with zero attached hydrogens (tertiary/aromatic N) is 2. The van der Waals surface area contributed by atoms with Gasteiger partial charge in [-0.05, 0) is 38.8 Å². The Morgan fingerprint density at radius 1 is 1.29 bits per heavy atom. The summed E-state index contributed by atoms with van der Waals surface area (Å²) in [5, 5.41) is 0. The maximum absolute atomic E-state index is 11.9. The van der Waals surface area contributed by atoms with E-state index in [4.69, 9.17) is 5.73 Å². The van der Waals surface area contributed by atoms with Crippen LogP contribution in [0.5, 0.6) is 0 Å². The second-order valence-electron chi connectivity index (χ2n) is 4.97. The molecule has 1 fully saturated rings. The Labute approximate surface area is 105 Å². The van der Waals surface area contributed by atoms with E-state index in [1.165, 1.54) is 19.3 Å². The van der Waals surface area contributed by atoms with Crippen molar-refractivity contribution in [2.24, 2.45) is 11.7 Å². The molecule has 0 aromatic heterocycles. The number of nitrogens with two attached hydrogens (primary N) is 1. The van der Waals surface area contributed by atoms with E-state index < -0.39 is 0 Å². The topological polar surface area (TPSA) is 49.6 Å². The van der Waals surface area contributed by atoms with Gasteiger partial charge in [0.1, 0.15) is 0 Å². The Bertz CT molecular complexity index is 245. The van der Waals surface area contributed by atoms with E-state index in [2.05, 4.69) is 11.8 Å².